The van der Waals surface area contributed by atoms with Gasteiger partial charge in [-0.25, -0.2) is 0 Å². The lowest BCUT2D eigenvalue weighted by Gasteiger charge is -2.29. The summed E-state index contributed by atoms with van der Waals surface area (Å²) in [5.74, 6) is -0.0656. The fourth-order valence-electron chi connectivity index (χ4n) is 2.65. The van der Waals surface area contributed by atoms with Crippen molar-refractivity contribution in [2.45, 2.75) is 32.5 Å². The molecule has 1 aliphatic heterocycles. The van der Waals surface area contributed by atoms with Gasteiger partial charge in [-0.3, -0.25) is 9.48 Å². The molecule has 2 aromatic rings. The van der Waals surface area contributed by atoms with Crippen LogP contribution in [-0.2, 0) is 16.1 Å². The van der Waals surface area contributed by atoms with Gasteiger partial charge < -0.3 is 15.4 Å². The first-order valence-electron chi connectivity index (χ1n) is 7.30. The molecule has 6 nitrogen and oxygen atoms in total. The maximum Gasteiger partial charge on any atom is 0.244 e. The molecular formula is C15H20N4O2. The highest BCUT2D eigenvalue weighted by Gasteiger charge is 2.28. The number of ether oxygens (including phenoxy) is 1. The van der Waals surface area contributed by atoms with E-state index in [1.54, 1.807) is 0 Å². The number of carbonyl (C=O) groups excluding carboxylic acids is 1. The Balaban J connectivity index is 1.79. The molecule has 112 valence electrons. The van der Waals surface area contributed by atoms with Gasteiger partial charge in [0.25, 0.3) is 0 Å². The van der Waals surface area contributed by atoms with Gasteiger partial charge in [0, 0.05) is 24.2 Å². The molecule has 1 fully saturated rings. The van der Waals surface area contributed by atoms with Crippen molar-refractivity contribution in [3.63, 3.8) is 0 Å². The van der Waals surface area contributed by atoms with Crippen LogP contribution in [0.25, 0.3) is 10.9 Å². The van der Waals surface area contributed by atoms with Crippen LogP contribution in [0.15, 0.2) is 24.4 Å². The zero-order valence-electron chi connectivity index (χ0n) is 12.3. The van der Waals surface area contributed by atoms with Crippen LogP contribution in [-0.4, -0.2) is 41.0 Å². The maximum atomic E-state index is 12.3. The van der Waals surface area contributed by atoms with Gasteiger partial charge in [0.2, 0.25) is 5.91 Å². The summed E-state index contributed by atoms with van der Waals surface area (Å²) >= 11 is 0. The van der Waals surface area contributed by atoms with Crippen molar-refractivity contribution in [1.82, 2.24) is 15.1 Å². The van der Waals surface area contributed by atoms with Crippen LogP contribution in [0.5, 0.6) is 0 Å². The number of rotatable bonds is 3. The highest BCUT2D eigenvalue weighted by Crippen LogP contribution is 2.19. The van der Waals surface area contributed by atoms with Gasteiger partial charge in [0.05, 0.1) is 24.4 Å². The van der Waals surface area contributed by atoms with Crippen molar-refractivity contribution in [3.8, 4) is 0 Å². The number of hydrogen-bond acceptors (Lipinski definition) is 4. The van der Waals surface area contributed by atoms with Gasteiger partial charge in [-0.15, -0.1) is 0 Å². The van der Waals surface area contributed by atoms with E-state index in [2.05, 4.69) is 15.7 Å². The molecule has 0 radical (unpaired) electrons. The lowest BCUT2D eigenvalue weighted by molar-refractivity contribution is -0.123. The molecule has 0 saturated carbocycles. The van der Waals surface area contributed by atoms with E-state index < -0.39 is 0 Å². The topological polar surface area (TPSA) is 68.2 Å². The largest absolute Gasteiger partial charge is 0.375 e. The maximum absolute atomic E-state index is 12.3. The summed E-state index contributed by atoms with van der Waals surface area (Å²) in [6.07, 6.45) is 1.71. The van der Waals surface area contributed by atoms with Crippen LogP contribution in [0.4, 0.5) is 5.69 Å². The third-order valence-corrected chi connectivity index (χ3v) is 3.81. The number of aromatic nitrogens is 2. The van der Waals surface area contributed by atoms with Gasteiger partial charge in [-0.05, 0) is 32.0 Å². The van der Waals surface area contributed by atoms with Crippen molar-refractivity contribution in [1.29, 1.82) is 0 Å². The predicted octanol–water partition coefficient (Wildman–Crippen LogP) is 1.37. The zero-order chi connectivity index (χ0) is 14.8. The molecule has 6 heteroatoms. The number of carbonyl (C=O) groups is 1. The van der Waals surface area contributed by atoms with E-state index in [0.717, 1.165) is 23.1 Å². The summed E-state index contributed by atoms with van der Waals surface area (Å²) in [7, 11) is 0. The number of amides is 1. The Morgan fingerprint density at radius 1 is 1.57 bits per heavy atom. The van der Waals surface area contributed by atoms with Crippen LogP contribution < -0.4 is 10.6 Å². The number of hydrogen-bond donors (Lipinski definition) is 2. The Morgan fingerprint density at radius 3 is 3.19 bits per heavy atom. The first-order valence-corrected chi connectivity index (χ1v) is 7.30. The molecule has 1 amide bonds. The van der Waals surface area contributed by atoms with Gasteiger partial charge >= 0.3 is 0 Å². The molecule has 2 atom stereocenters. The lowest BCUT2D eigenvalue weighted by atomic mass is 10.1. The molecule has 2 N–H and O–H groups in total. The molecule has 1 aliphatic rings. The minimum absolute atomic E-state index is 0.0656. The van der Waals surface area contributed by atoms with Crippen LogP contribution in [0.2, 0.25) is 0 Å². The molecule has 0 bridgehead atoms. The van der Waals surface area contributed by atoms with Gasteiger partial charge in [-0.1, -0.05) is 0 Å². The third kappa shape index (κ3) is 2.77. The summed E-state index contributed by atoms with van der Waals surface area (Å²) in [6.45, 7) is 6.10. The minimum atomic E-state index is -0.314. The second-order valence-corrected chi connectivity index (χ2v) is 5.23. The normalized spacial score (nSPS) is 22.4. The van der Waals surface area contributed by atoms with Crippen LogP contribution >= 0.6 is 0 Å². The number of fused-ring (bicyclic) bond motifs is 1. The van der Waals surface area contributed by atoms with E-state index in [0.29, 0.717) is 13.2 Å². The van der Waals surface area contributed by atoms with Crippen LogP contribution in [0.3, 0.4) is 0 Å². The standard InChI is InChI=1S/C15H20N4O2/c1-3-19-13-8-12(5-4-11(13)9-17-19)18-15(20)14-10(2)21-7-6-16-14/h4-5,8-10,14,16H,3,6-7H2,1-2H3,(H,18,20)/t10-,14+/m1/s1. The molecule has 1 aromatic heterocycles. The molecule has 21 heavy (non-hydrogen) atoms. The van der Waals surface area contributed by atoms with Gasteiger partial charge in [-0.2, -0.15) is 5.10 Å². The molecule has 0 aliphatic carbocycles. The van der Waals surface area contributed by atoms with Crippen molar-refractivity contribution < 1.29 is 9.53 Å². The molecule has 2 heterocycles. The van der Waals surface area contributed by atoms with E-state index >= 15 is 0 Å². The van der Waals surface area contributed by atoms with Gasteiger partial charge in [0.15, 0.2) is 0 Å². The first-order chi connectivity index (χ1) is 10.2. The summed E-state index contributed by atoms with van der Waals surface area (Å²) in [5, 5.41) is 11.5. The molecular weight excluding hydrogens is 268 g/mol. The highest BCUT2D eigenvalue weighted by atomic mass is 16.5. The summed E-state index contributed by atoms with van der Waals surface area (Å²) < 4.78 is 7.42. The monoisotopic (exact) mass is 288 g/mol. The van der Waals surface area contributed by atoms with E-state index in [1.807, 2.05) is 42.9 Å². The molecule has 0 unspecified atom stereocenters. The average Bonchev–Trinajstić information content (AvgIpc) is 2.90. The lowest BCUT2D eigenvalue weighted by Crippen LogP contribution is -2.53. The molecule has 0 spiro atoms. The SMILES string of the molecule is CCn1ncc2ccc(NC(=O)[C@H]3NCCO[C@@H]3C)cc21. The number of anilines is 1. The van der Waals surface area contributed by atoms with Crippen molar-refractivity contribution in [2.75, 3.05) is 18.5 Å². The van der Waals surface area contributed by atoms with E-state index in [9.17, 15) is 4.79 Å². The Bertz CT molecular complexity index is 652. The average molecular weight is 288 g/mol. The Labute approximate surface area is 123 Å². The fraction of sp³-hybridized carbons (Fsp3) is 0.467. The second-order valence-electron chi connectivity index (χ2n) is 5.23. The number of aryl methyl sites for hydroxylation is 1. The van der Waals surface area contributed by atoms with E-state index in [1.165, 1.54) is 0 Å². The smallest absolute Gasteiger partial charge is 0.244 e. The number of benzene rings is 1. The Kier molecular flexibility index (Phi) is 3.90. The summed E-state index contributed by atoms with van der Waals surface area (Å²) in [4.78, 5) is 12.3. The quantitative estimate of drug-likeness (QED) is 0.895. The minimum Gasteiger partial charge on any atom is -0.375 e. The van der Waals surface area contributed by atoms with Crippen LogP contribution in [0, 0.1) is 0 Å². The molecule has 1 saturated heterocycles. The van der Waals surface area contributed by atoms with Gasteiger partial charge in [0.1, 0.15) is 6.04 Å². The Hall–Kier alpha value is -1.92. The highest BCUT2D eigenvalue weighted by molar-refractivity contribution is 5.97. The second kappa shape index (κ2) is 5.83. The number of nitrogens with zero attached hydrogens (tertiary/aromatic N) is 2. The summed E-state index contributed by atoms with van der Waals surface area (Å²) in [6, 6.07) is 5.51. The molecule has 3 rings (SSSR count). The predicted molar refractivity (Wildman–Crippen MR) is 81.2 cm³/mol. The zero-order valence-corrected chi connectivity index (χ0v) is 12.3. The summed E-state index contributed by atoms with van der Waals surface area (Å²) in [5.41, 5.74) is 1.80. The third-order valence-electron chi connectivity index (χ3n) is 3.81. The van der Waals surface area contributed by atoms with Crippen molar-refractivity contribution in [2.24, 2.45) is 0 Å². The van der Waals surface area contributed by atoms with Crippen molar-refractivity contribution in [3.05, 3.63) is 24.4 Å². The van der Waals surface area contributed by atoms with E-state index in [-0.39, 0.29) is 18.1 Å². The fourth-order valence-corrected chi connectivity index (χ4v) is 2.65. The van der Waals surface area contributed by atoms with Crippen molar-refractivity contribution >= 4 is 22.5 Å². The first kappa shape index (κ1) is 14.0. The molecule has 1 aromatic carbocycles. The Morgan fingerprint density at radius 2 is 2.43 bits per heavy atom. The van der Waals surface area contributed by atoms with Crippen LogP contribution in [0.1, 0.15) is 13.8 Å². The number of morpholine rings is 1. The number of nitrogens with one attached hydrogen (secondary N) is 2. The van der Waals surface area contributed by atoms with E-state index in [4.69, 9.17) is 4.74 Å².